The van der Waals surface area contributed by atoms with Crippen LogP contribution in [-0.4, -0.2) is 50.3 Å². The highest BCUT2D eigenvalue weighted by Gasteiger charge is 2.40. The summed E-state index contributed by atoms with van der Waals surface area (Å²) in [4.78, 5) is 39.3. The number of allylic oxidation sites excluding steroid dienone is 2. The Morgan fingerprint density at radius 2 is 1.75 bits per heavy atom. The number of rotatable bonds is 9. The first kappa shape index (κ1) is 24.8. The lowest BCUT2D eigenvalue weighted by Gasteiger charge is -2.30. The van der Waals surface area contributed by atoms with Crippen molar-refractivity contribution < 1.29 is 33.3 Å². The van der Waals surface area contributed by atoms with Gasteiger partial charge in [0.15, 0.2) is 11.5 Å². The Bertz CT molecular complexity index is 1220. The summed E-state index contributed by atoms with van der Waals surface area (Å²) in [7, 11) is 1.29. The molecular weight excluding hydrogens is 464 g/mol. The number of esters is 2. The highest BCUT2D eigenvalue weighted by atomic mass is 16.7. The number of methoxy groups -OCH3 is 1. The maximum absolute atomic E-state index is 13.4. The lowest BCUT2D eigenvalue weighted by Crippen LogP contribution is -2.33. The minimum atomic E-state index is -0.797. The summed E-state index contributed by atoms with van der Waals surface area (Å²) < 4.78 is 21.9. The molecule has 2 aliphatic heterocycles. The Balaban J connectivity index is 1.58. The van der Waals surface area contributed by atoms with Crippen LogP contribution in [0, 0.1) is 0 Å². The van der Waals surface area contributed by atoms with Crippen LogP contribution < -0.4 is 14.8 Å². The average Bonchev–Trinajstić information content (AvgIpc) is 3.37. The predicted molar refractivity (Wildman–Crippen MR) is 130 cm³/mol. The van der Waals surface area contributed by atoms with Gasteiger partial charge in [0, 0.05) is 23.5 Å². The van der Waals surface area contributed by atoms with Crippen LogP contribution >= 0.6 is 0 Å². The van der Waals surface area contributed by atoms with Gasteiger partial charge in [0.25, 0.3) is 0 Å². The van der Waals surface area contributed by atoms with Crippen LogP contribution in [0.3, 0.4) is 0 Å². The topological polar surface area (TPSA) is 103 Å². The van der Waals surface area contributed by atoms with Crippen molar-refractivity contribution in [3.63, 3.8) is 0 Å². The fraction of sp³-hybridized carbons (Fsp3) is 0.296. The van der Waals surface area contributed by atoms with Crippen molar-refractivity contribution >= 4 is 18.3 Å². The van der Waals surface area contributed by atoms with Crippen molar-refractivity contribution in [3.05, 3.63) is 82.2 Å². The average molecular weight is 493 g/mol. The van der Waals surface area contributed by atoms with Crippen molar-refractivity contribution in [1.82, 2.24) is 10.2 Å². The summed E-state index contributed by atoms with van der Waals surface area (Å²) in [6, 6.07) is 14.9. The predicted octanol–water partition coefficient (Wildman–Crippen LogP) is 3.02. The molecule has 1 unspecified atom stereocenters. The van der Waals surface area contributed by atoms with Gasteiger partial charge in [-0.25, -0.2) is 9.59 Å². The number of hydrogen-bond donors (Lipinski definition) is 1. The van der Waals surface area contributed by atoms with Gasteiger partial charge in [-0.1, -0.05) is 42.5 Å². The van der Waals surface area contributed by atoms with Gasteiger partial charge in [-0.15, -0.1) is 0 Å². The second kappa shape index (κ2) is 11.0. The van der Waals surface area contributed by atoms with E-state index >= 15 is 0 Å². The third-order valence-corrected chi connectivity index (χ3v) is 6.11. The van der Waals surface area contributed by atoms with Gasteiger partial charge in [-0.3, -0.25) is 4.79 Å². The van der Waals surface area contributed by atoms with Gasteiger partial charge in [-0.05, 0) is 25.5 Å². The molecular formula is C27H28N2O7. The van der Waals surface area contributed by atoms with Gasteiger partial charge in [0.1, 0.15) is 6.61 Å². The quantitative estimate of drug-likeness (QED) is 0.421. The number of nitrogens with one attached hydrogen (secondary N) is 1. The Hall–Kier alpha value is -4.27. The molecule has 0 fully saturated rings. The normalized spacial score (nSPS) is 16.4. The number of amides is 1. The molecule has 1 amide bonds. The molecule has 1 N–H and O–H groups in total. The fourth-order valence-electron chi connectivity index (χ4n) is 4.46. The molecule has 9 nitrogen and oxygen atoms in total. The maximum atomic E-state index is 13.4. The lowest BCUT2D eigenvalue weighted by molar-refractivity contribution is -0.141. The number of carbonyl (C=O) groups excluding carboxylic acids is 3. The van der Waals surface area contributed by atoms with E-state index in [1.54, 1.807) is 32.0 Å². The summed E-state index contributed by atoms with van der Waals surface area (Å²) in [6.45, 7) is 4.13. The third kappa shape index (κ3) is 5.05. The first-order valence-electron chi connectivity index (χ1n) is 11.5. The van der Waals surface area contributed by atoms with E-state index in [1.807, 2.05) is 30.3 Å². The zero-order chi connectivity index (χ0) is 25.7. The van der Waals surface area contributed by atoms with Gasteiger partial charge >= 0.3 is 11.9 Å². The molecule has 0 saturated heterocycles. The number of carbonyl (C=O) groups is 3. The van der Waals surface area contributed by atoms with E-state index in [0.29, 0.717) is 35.0 Å². The van der Waals surface area contributed by atoms with E-state index in [9.17, 15) is 14.4 Å². The van der Waals surface area contributed by atoms with Crippen LogP contribution in [0.1, 0.15) is 30.9 Å². The Labute approximate surface area is 209 Å². The molecule has 0 bridgehead atoms. The zero-order valence-electron chi connectivity index (χ0n) is 20.4. The fourth-order valence-corrected chi connectivity index (χ4v) is 4.46. The van der Waals surface area contributed by atoms with Crippen molar-refractivity contribution in [2.24, 2.45) is 0 Å². The highest BCUT2D eigenvalue weighted by Crippen LogP contribution is 2.47. The van der Waals surface area contributed by atoms with Crippen LogP contribution in [0.15, 0.2) is 71.1 Å². The van der Waals surface area contributed by atoms with E-state index in [0.717, 1.165) is 12.0 Å². The van der Waals surface area contributed by atoms with Crippen molar-refractivity contribution in [3.8, 4) is 11.5 Å². The van der Waals surface area contributed by atoms with Crippen molar-refractivity contribution in [2.45, 2.75) is 26.3 Å². The van der Waals surface area contributed by atoms with Crippen LogP contribution in [0.25, 0.3) is 0 Å². The maximum Gasteiger partial charge on any atom is 0.336 e. The van der Waals surface area contributed by atoms with E-state index in [1.165, 1.54) is 12.0 Å². The number of fused-ring (bicyclic) bond motifs is 1. The van der Waals surface area contributed by atoms with Crippen LogP contribution in [-0.2, 0) is 30.4 Å². The van der Waals surface area contributed by atoms with Crippen LogP contribution in [0.4, 0.5) is 0 Å². The first-order valence-corrected chi connectivity index (χ1v) is 11.5. The van der Waals surface area contributed by atoms with Crippen molar-refractivity contribution in [2.75, 3.05) is 27.1 Å². The minimum absolute atomic E-state index is 0.0172. The minimum Gasteiger partial charge on any atom is -0.466 e. The van der Waals surface area contributed by atoms with Gasteiger partial charge in [0.2, 0.25) is 13.2 Å². The summed E-state index contributed by atoms with van der Waals surface area (Å²) in [5.74, 6) is -0.989. The molecule has 0 spiro atoms. The molecule has 9 heteroatoms. The van der Waals surface area contributed by atoms with E-state index < -0.39 is 17.9 Å². The summed E-state index contributed by atoms with van der Waals surface area (Å²) in [5.41, 5.74) is 3.20. The number of ether oxygens (including phenoxy) is 4. The lowest BCUT2D eigenvalue weighted by atomic mass is 9.80. The number of dihydropyridines is 1. The van der Waals surface area contributed by atoms with Gasteiger partial charge in [-0.2, -0.15) is 0 Å². The SMILES string of the molecule is COC(=O)C1=C(C)NC(C)=C(C(=O)OCCN(C=O)Cc2ccccc2)C1c1cccc2c1OCO2. The molecule has 0 aliphatic carbocycles. The zero-order valence-corrected chi connectivity index (χ0v) is 20.4. The van der Waals surface area contributed by atoms with Crippen LogP contribution in [0.5, 0.6) is 11.5 Å². The van der Waals surface area contributed by atoms with E-state index in [4.69, 9.17) is 18.9 Å². The number of nitrogens with zero attached hydrogens (tertiary/aromatic N) is 1. The molecule has 1 atom stereocenters. The smallest absolute Gasteiger partial charge is 0.336 e. The summed E-state index contributed by atoms with van der Waals surface area (Å²) in [5, 5.41) is 3.10. The highest BCUT2D eigenvalue weighted by molar-refractivity contribution is 6.00. The molecule has 2 aromatic carbocycles. The van der Waals surface area contributed by atoms with Gasteiger partial charge in [0.05, 0.1) is 30.7 Å². The number of para-hydroxylation sites is 1. The first-order chi connectivity index (χ1) is 17.4. The van der Waals surface area contributed by atoms with Crippen molar-refractivity contribution in [1.29, 1.82) is 0 Å². The standard InChI is InChI=1S/C27H28N2O7/c1-17-22(26(31)33-3)24(20-10-7-11-21-25(20)36-16-35-21)23(18(2)28-17)27(32)34-13-12-29(15-30)14-19-8-5-4-6-9-19/h4-11,15,24,28H,12-14,16H2,1-3H3. The molecule has 2 heterocycles. The molecule has 2 aromatic rings. The molecule has 2 aliphatic rings. The molecule has 36 heavy (non-hydrogen) atoms. The largest absolute Gasteiger partial charge is 0.466 e. The Morgan fingerprint density at radius 3 is 2.44 bits per heavy atom. The van der Waals surface area contributed by atoms with Gasteiger partial charge < -0.3 is 29.2 Å². The van der Waals surface area contributed by atoms with Crippen LogP contribution in [0.2, 0.25) is 0 Å². The number of hydrogen-bond acceptors (Lipinski definition) is 8. The molecule has 4 rings (SSSR count). The Morgan fingerprint density at radius 1 is 1.03 bits per heavy atom. The molecule has 0 aromatic heterocycles. The summed E-state index contributed by atoms with van der Waals surface area (Å²) in [6.07, 6.45) is 0.725. The summed E-state index contributed by atoms with van der Waals surface area (Å²) >= 11 is 0. The third-order valence-electron chi connectivity index (χ3n) is 6.11. The second-order valence-electron chi connectivity index (χ2n) is 8.41. The monoisotopic (exact) mass is 492 g/mol. The molecule has 188 valence electrons. The number of benzene rings is 2. The second-order valence-corrected chi connectivity index (χ2v) is 8.41. The Kier molecular flexibility index (Phi) is 7.58. The van der Waals surface area contributed by atoms with E-state index in [-0.39, 0.29) is 31.1 Å². The molecule has 0 saturated carbocycles. The molecule has 0 radical (unpaired) electrons. The van der Waals surface area contributed by atoms with E-state index in [2.05, 4.69) is 5.32 Å².